The summed E-state index contributed by atoms with van der Waals surface area (Å²) < 4.78 is 15.8. The summed E-state index contributed by atoms with van der Waals surface area (Å²) in [6, 6.07) is 24.7. The molecule has 1 aliphatic carbocycles. The molecule has 0 aliphatic heterocycles. The second-order valence-corrected chi connectivity index (χ2v) is 10.1. The first-order valence-electron chi connectivity index (χ1n) is 13.7. The minimum Gasteiger partial charge on any atom is -0.445 e. The summed E-state index contributed by atoms with van der Waals surface area (Å²) in [5.41, 5.74) is 2.49. The van der Waals surface area contributed by atoms with Crippen LogP contribution in [0.1, 0.15) is 49.3 Å². The van der Waals surface area contributed by atoms with Crippen molar-refractivity contribution in [2.75, 3.05) is 0 Å². The maximum absolute atomic E-state index is 13.3. The normalized spacial score (nSPS) is 17.2. The van der Waals surface area contributed by atoms with E-state index in [1.54, 1.807) is 24.3 Å². The smallest absolute Gasteiger partial charge is 0.445 e. The Balaban J connectivity index is 1.35. The Hall–Kier alpha value is -4.33. The molecule has 3 aromatic rings. The molecule has 0 radical (unpaired) electrons. The molecular weight excluding hydrogens is 508 g/mol. The van der Waals surface area contributed by atoms with Crippen LogP contribution in [0.3, 0.4) is 0 Å². The average Bonchev–Trinajstić information content (AvgIpc) is 2.98. The van der Waals surface area contributed by atoms with E-state index in [-0.39, 0.29) is 31.6 Å². The van der Waals surface area contributed by atoms with Gasteiger partial charge in [0.15, 0.2) is 0 Å². The van der Waals surface area contributed by atoms with Crippen molar-refractivity contribution >= 4 is 18.2 Å². The highest BCUT2D eigenvalue weighted by Gasteiger charge is 2.28. The Labute approximate surface area is 235 Å². The molecule has 2 amide bonds. The quantitative estimate of drug-likeness (QED) is 0.242. The van der Waals surface area contributed by atoms with Crippen LogP contribution in [0.15, 0.2) is 84.9 Å². The number of nitrogens with one attached hydrogen (secondary N) is 2. The Kier molecular flexibility index (Phi) is 10.6. The van der Waals surface area contributed by atoms with Gasteiger partial charge in [-0.05, 0) is 47.6 Å². The van der Waals surface area contributed by atoms with Gasteiger partial charge >= 0.3 is 12.2 Å². The molecule has 0 bridgehead atoms. The van der Waals surface area contributed by atoms with Crippen LogP contribution in [0.25, 0.3) is 0 Å². The molecule has 8 nitrogen and oxygen atoms in total. The van der Waals surface area contributed by atoms with Crippen LogP contribution in [0.5, 0.6) is 5.75 Å². The fourth-order valence-corrected chi connectivity index (χ4v) is 4.70. The SMILES string of the molecule is C[C@@H]1CCCC[C@@H]1NC(=O)[C@H](Cc1ccc(OC(=O)OCc2ccccc2)cc1)NC(=O)OCc1ccccc1. The number of hydrogen-bond acceptors (Lipinski definition) is 6. The van der Waals surface area contributed by atoms with Crippen molar-refractivity contribution in [3.8, 4) is 5.75 Å². The third-order valence-electron chi connectivity index (χ3n) is 7.02. The summed E-state index contributed by atoms with van der Waals surface area (Å²) in [6.07, 6.45) is 2.99. The first-order valence-corrected chi connectivity index (χ1v) is 13.7. The lowest BCUT2D eigenvalue weighted by Crippen LogP contribution is -2.52. The molecule has 3 aromatic carbocycles. The fourth-order valence-electron chi connectivity index (χ4n) is 4.70. The van der Waals surface area contributed by atoms with Gasteiger partial charge in [0.2, 0.25) is 5.91 Å². The summed E-state index contributed by atoms with van der Waals surface area (Å²) in [4.78, 5) is 38.0. The lowest BCUT2D eigenvalue weighted by Gasteiger charge is -2.31. The molecule has 0 spiro atoms. The Morgan fingerprint density at radius 3 is 2.00 bits per heavy atom. The number of ether oxygens (including phenoxy) is 3. The molecule has 1 fully saturated rings. The van der Waals surface area contributed by atoms with Gasteiger partial charge in [0.1, 0.15) is 25.0 Å². The van der Waals surface area contributed by atoms with Gasteiger partial charge in [0.25, 0.3) is 0 Å². The monoisotopic (exact) mass is 544 g/mol. The standard InChI is InChI=1S/C32H36N2O6/c1-23-10-8-9-15-28(23)33-30(35)29(34-31(36)38-21-25-11-4-2-5-12-25)20-24-16-18-27(19-17-24)40-32(37)39-22-26-13-6-3-7-14-26/h2-7,11-14,16-19,23,28-29H,8-10,15,20-22H2,1H3,(H,33,35)(H,34,36)/t23-,28+,29+/m1/s1. The van der Waals surface area contributed by atoms with Gasteiger partial charge in [-0.2, -0.15) is 0 Å². The van der Waals surface area contributed by atoms with Crippen LogP contribution in [0, 0.1) is 5.92 Å². The fraction of sp³-hybridized carbons (Fsp3) is 0.344. The average molecular weight is 545 g/mol. The third kappa shape index (κ3) is 9.15. The molecule has 2 N–H and O–H groups in total. The van der Waals surface area contributed by atoms with Gasteiger partial charge in [-0.25, -0.2) is 9.59 Å². The lowest BCUT2D eigenvalue weighted by atomic mass is 9.85. The zero-order valence-electron chi connectivity index (χ0n) is 22.7. The van der Waals surface area contributed by atoms with E-state index >= 15 is 0 Å². The van der Waals surface area contributed by atoms with E-state index in [2.05, 4.69) is 17.6 Å². The second-order valence-electron chi connectivity index (χ2n) is 10.1. The van der Waals surface area contributed by atoms with Crippen molar-refractivity contribution < 1.29 is 28.6 Å². The van der Waals surface area contributed by atoms with Gasteiger partial charge in [0, 0.05) is 12.5 Å². The van der Waals surface area contributed by atoms with Crippen molar-refractivity contribution in [2.24, 2.45) is 5.92 Å². The molecule has 0 aromatic heterocycles. The van der Waals surface area contributed by atoms with Crippen molar-refractivity contribution in [2.45, 2.75) is 64.3 Å². The Morgan fingerprint density at radius 2 is 1.38 bits per heavy atom. The summed E-state index contributed by atoms with van der Waals surface area (Å²) in [5, 5.41) is 5.88. The van der Waals surface area contributed by atoms with Crippen molar-refractivity contribution in [1.29, 1.82) is 0 Å². The Morgan fingerprint density at radius 1 is 0.775 bits per heavy atom. The number of carbonyl (C=O) groups is 3. The van der Waals surface area contributed by atoms with E-state index in [9.17, 15) is 14.4 Å². The van der Waals surface area contributed by atoms with Gasteiger partial charge in [0.05, 0.1) is 0 Å². The molecule has 0 saturated heterocycles. The lowest BCUT2D eigenvalue weighted by molar-refractivity contribution is -0.124. The first-order chi connectivity index (χ1) is 19.5. The zero-order valence-corrected chi connectivity index (χ0v) is 22.7. The van der Waals surface area contributed by atoms with E-state index in [0.29, 0.717) is 11.7 Å². The van der Waals surface area contributed by atoms with Crippen LogP contribution in [0.2, 0.25) is 0 Å². The van der Waals surface area contributed by atoms with E-state index in [4.69, 9.17) is 14.2 Å². The molecule has 0 unspecified atom stereocenters. The van der Waals surface area contributed by atoms with Crippen LogP contribution < -0.4 is 15.4 Å². The van der Waals surface area contributed by atoms with Crippen LogP contribution in [-0.4, -0.2) is 30.2 Å². The number of amides is 2. The van der Waals surface area contributed by atoms with Crippen molar-refractivity contribution in [3.63, 3.8) is 0 Å². The summed E-state index contributed by atoms with van der Waals surface area (Å²) in [5.74, 6) is 0.441. The molecule has 3 atom stereocenters. The summed E-state index contributed by atoms with van der Waals surface area (Å²) >= 11 is 0. The van der Waals surface area contributed by atoms with Gasteiger partial charge in [-0.15, -0.1) is 0 Å². The molecule has 4 rings (SSSR count). The predicted molar refractivity (Wildman–Crippen MR) is 151 cm³/mol. The van der Waals surface area contributed by atoms with Gasteiger partial charge < -0.3 is 24.8 Å². The molecular formula is C32H36N2O6. The molecule has 1 aliphatic rings. The molecule has 0 heterocycles. The highest BCUT2D eigenvalue weighted by atomic mass is 16.7. The topological polar surface area (TPSA) is 103 Å². The van der Waals surface area contributed by atoms with E-state index in [1.165, 1.54) is 0 Å². The minimum atomic E-state index is -0.833. The number of alkyl carbamates (subject to hydrolysis) is 1. The second kappa shape index (κ2) is 14.7. The number of benzene rings is 3. The highest BCUT2D eigenvalue weighted by molar-refractivity contribution is 5.86. The maximum Gasteiger partial charge on any atom is 0.514 e. The van der Waals surface area contributed by atoms with Crippen LogP contribution in [-0.2, 0) is 33.9 Å². The number of hydrogen-bond donors (Lipinski definition) is 2. The zero-order chi connectivity index (χ0) is 28.2. The molecule has 8 heteroatoms. The minimum absolute atomic E-state index is 0.0727. The molecule has 1 saturated carbocycles. The predicted octanol–water partition coefficient (Wildman–Crippen LogP) is 5.93. The number of rotatable bonds is 10. The maximum atomic E-state index is 13.3. The summed E-state index contributed by atoms with van der Waals surface area (Å²) in [6.45, 7) is 2.36. The third-order valence-corrected chi connectivity index (χ3v) is 7.02. The highest BCUT2D eigenvalue weighted by Crippen LogP contribution is 2.24. The number of carbonyl (C=O) groups excluding carboxylic acids is 3. The van der Waals surface area contributed by atoms with Gasteiger partial charge in [-0.1, -0.05) is 92.6 Å². The van der Waals surface area contributed by atoms with E-state index in [0.717, 1.165) is 42.4 Å². The largest absolute Gasteiger partial charge is 0.514 e. The van der Waals surface area contributed by atoms with Crippen molar-refractivity contribution in [1.82, 2.24) is 10.6 Å². The van der Waals surface area contributed by atoms with Crippen LogP contribution >= 0.6 is 0 Å². The van der Waals surface area contributed by atoms with E-state index in [1.807, 2.05) is 60.7 Å². The molecule has 40 heavy (non-hydrogen) atoms. The van der Waals surface area contributed by atoms with E-state index < -0.39 is 18.3 Å². The Bertz CT molecular complexity index is 1230. The van der Waals surface area contributed by atoms with Gasteiger partial charge in [-0.3, -0.25) is 4.79 Å². The molecule has 210 valence electrons. The summed E-state index contributed by atoms with van der Waals surface area (Å²) in [7, 11) is 0. The van der Waals surface area contributed by atoms with Crippen LogP contribution in [0.4, 0.5) is 9.59 Å². The first kappa shape index (κ1) is 28.7. The van der Waals surface area contributed by atoms with Crippen molar-refractivity contribution in [3.05, 3.63) is 102 Å².